The first-order valence-corrected chi connectivity index (χ1v) is 22.7. The molecule has 66 heavy (non-hydrogen) atoms. The number of aliphatic hydroxyl groups excluding tert-OH is 9. The summed E-state index contributed by atoms with van der Waals surface area (Å²) in [7, 11) is 1.25. The molecule has 2 unspecified atom stereocenters. The highest BCUT2D eigenvalue weighted by molar-refractivity contribution is 5.71. The van der Waals surface area contributed by atoms with E-state index in [0.29, 0.717) is 0 Å². The fourth-order valence-corrected chi connectivity index (χ4v) is 8.16. The first-order valence-electron chi connectivity index (χ1n) is 22.7. The van der Waals surface area contributed by atoms with Gasteiger partial charge in [0.15, 0.2) is 12.1 Å². The number of hydrogen-bond donors (Lipinski definition) is 11. The number of allylic oxidation sites excluding steroid dienone is 12. The van der Waals surface area contributed by atoms with Crippen LogP contribution in [-0.4, -0.2) is 168 Å². The summed E-state index contributed by atoms with van der Waals surface area (Å²) >= 11 is 0. The third-order valence-corrected chi connectivity index (χ3v) is 12.4. The topological polar surface area (TPSA) is 309 Å². The van der Waals surface area contributed by atoms with Crippen LogP contribution in [0.2, 0.25) is 0 Å². The smallest absolute Gasteiger partial charge is 0.311 e. The molecule has 3 aliphatic rings. The van der Waals surface area contributed by atoms with Gasteiger partial charge in [0.25, 0.3) is 0 Å². The Bertz CT molecular complexity index is 1680. The number of carbonyl (C=O) groups is 2. The Balaban J connectivity index is 1.89. The Morgan fingerprint density at radius 3 is 1.82 bits per heavy atom. The summed E-state index contributed by atoms with van der Waals surface area (Å²) in [5.74, 6) is -6.12. The molecule has 0 aromatic heterocycles. The number of methoxy groups -OCH3 is 1. The Hall–Kier alpha value is -3.44. The van der Waals surface area contributed by atoms with Gasteiger partial charge in [0.1, 0.15) is 18.1 Å². The highest BCUT2D eigenvalue weighted by Crippen LogP contribution is 2.40. The molecule has 12 N–H and O–H groups in total. The molecule has 0 amide bonds. The molecule has 2 fully saturated rings. The van der Waals surface area contributed by atoms with Gasteiger partial charge in [-0.1, -0.05) is 98.9 Å². The zero-order valence-corrected chi connectivity index (χ0v) is 38.5. The van der Waals surface area contributed by atoms with Crippen molar-refractivity contribution in [2.45, 2.75) is 177 Å². The predicted molar refractivity (Wildman–Crippen MR) is 242 cm³/mol. The molecule has 18 nitrogen and oxygen atoms in total. The quantitative estimate of drug-likeness (QED) is 0.177. The molecule has 19 atom stereocenters. The van der Waals surface area contributed by atoms with Crippen molar-refractivity contribution in [2.24, 2.45) is 23.5 Å². The molecule has 0 radical (unpaired) electrons. The number of rotatable bonds is 4. The summed E-state index contributed by atoms with van der Waals surface area (Å²) in [6.45, 7) is 6.79. The van der Waals surface area contributed by atoms with E-state index in [1.165, 1.54) is 7.11 Å². The van der Waals surface area contributed by atoms with Gasteiger partial charge in [-0.05, 0) is 33.1 Å². The van der Waals surface area contributed by atoms with Gasteiger partial charge in [0.05, 0.1) is 79.6 Å². The van der Waals surface area contributed by atoms with Crippen molar-refractivity contribution >= 4 is 11.9 Å². The van der Waals surface area contributed by atoms with Crippen molar-refractivity contribution in [1.29, 1.82) is 0 Å². The molecule has 0 aromatic rings. The molecule has 2 bridgehead atoms. The van der Waals surface area contributed by atoms with Crippen LogP contribution >= 0.6 is 0 Å². The number of aliphatic hydroxyl groups is 9. The lowest BCUT2D eigenvalue weighted by Gasteiger charge is -2.47. The van der Waals surface area contributed by atoms with Crippen LogP contribution in [0, 0.1) is 17.8 Å². The normalized spacial score (nSPS) is 45.0. The molecule has 3 rings (SSSR count). The summed E-state index contributed by atoms with van der Waals surface area (Å²) in [5, 5.41) is 108. The van der Waals surface area contributed by atoms with E-state index >= 15 is 0 Å². The second-order valence-electron chi connectivity index (χ2n) is 17.7. The molecular formula is C48H75NO17. The van der Waals surface area contributed by atoms with Gasteiger partial charge in [-0.3, -0.25) is 9.59 Å². The second kappa shape index (κ2) is 28.1. The van der Waals surface area contributed by atoms with Gasteiger partial charge in [-0.25, -0.2) is 0 Å². The summed E-state index contributed by atoms with van der Waals surface area (Å²) in [4.78, 5) is 25.2. The number of fused-ring (bicyclic) bond motifs is 2. The van der Waals surface area contributed by atoms with Crippen molar-refractivity contribution in [3.05, 3.63) is 85.1 Å². The van der Waals surface area contributed by atoms with Crippen LogP contribution in [0.15, 0.2) is 85.1 Å². The van der Waals surface area contributed by atoms with Crippen molar-refractivity contribution < 1.29 is 84.3 Å². The van der Waals surface area contributed by atoms with Crippen LogP contribution in [0.1, 0.15) is 79.1 Å². The van der Waals surface area contributed by atoms with Gasteiger partial charge in [0, 0.05) is 44.6 Å². The summed E-state index contributed by atoms with van der Waals surface area (Å²) < 4.78 is 29.3. The van der Waals surface area contributed by atoms with E-state index in [0.717, 1.165) is 0 Å². The molecule has 0 aromatic carbocycles. The van der Waals surface area contributed by atoms with Gasteiger partial charge in [-0.2, -0.15) is 0 Å². The highest BCUT2D eigenvalue weighted by atomic mass is 16.7. The van der Waals surface area contributed by atoms with Gasteiger partial charge >= 0.3 is 11.9 Å². The minimum absolute atomic E-state index is 0.0813. The molecule has 18 heteroatoms. The van der Waals surface area contributed by atoms with E-state index in [-0.39, 0.29) is 38.0 Å². The maximum absolute atomic E-state index is 12.6. The predicted octanol–water partition coefficient (Wildman–Crippen LogP) is 1.37. The first-order chi connectivity index (χ1) is 31.2. The maximum atomic E-state index is 12.6. The fourth-order valence-electron chi connectivity index (χ4n) is 8.16. The summed E-state index contributed by atoms with van der Waals surface area (Å²) in [6, 6.07) is -1.13. The second-order valence-corrected chi connectivity index (χ2v) is 17.7. The van der Waals surface area contributed by atoms with E-state index in [2.05, 4.69) is 0 Å². The van der Waals surface area contributed by atoms with E-state index in [1.54, 1.807) is 75.5 Å². The van der Waals surface area contributed by atoms with Crippen molar-refractivity contribution in [2.75, 3.05) is 7.11 Å². The number of ether oxygens (including phenoxy) is 5. The van der Waals surface area contributed by atoms with Gasteiger partial charge in [0.2, 0.25) is 0 Å². The number of nitrogens with two attached hydrogens (primary N) is 1. The Morgan fingerprint density at radius 2 is 1.24 bits per heavy atom. The lowest BCUT2D eigenvalue weighted by atomic mass is 9.82. The molecule has 0 saturated carbocycles. The highest BCUT2D eigenvalue weighted by Gasteiger charge is 2.52. The van der Waals surface area contributed by atoms with Gasteiger partial charge in [-0.15, -0.1) is 0 Å². The average molecular weight is 938 g/mol. The van der Waals surface area contributed by atoms with Crippen LogP contribution in [0.5, 0.6) is 0 Å². The number of carboxylic acid groups (broad SMARTS) is 1. The van der Waals surface area contributed by atoms with Crippen LogP contribution in [-0.2, 0) is 33.3 Å². The molecule has 3 heterocycles. The number of esters is 1. The van der Waals surface area contributed by atoms with Crippen LogP contribution in [0.25, 0.3) is 0 Å². The average Bonchev–Trinajstić information content (AvgIpc) is 3.24. The lowest BCUT2D eigenvalue weighted by Crippen LogP contribution is -2.61. The molecule has 3 aliphatic heterocycles. The maximum Gasteiger partial charge on any atom is 0.311 e. The molecule has 0 spiro atoms. The number of hydrogen-bond acceptors (Lipinski definition) is 17. The molecule has 0 aliphatic carbocycles. The monoisotopic (exact) mass is 938 g/mol. The molecule has 2 saturated heterocycles. The Morgan fingerprint density at radius 1 is 0.667 bits per heavy atom. The van der Waals surface area contributed by atoms with E-state index in [4.69, 9.17) is 29.4 Å². The SMILES string of the molecule is CO[C@@]12CC(O)[C@@H](C(=O)O)[C@H](C[C@@H](OC3O[C@@H](C)[C@H](O)[C@@H](N)[C@H]3O)/C=C/C=C/C=C/C=C/C=C/C=C/C=C/[C@H](C)[C@@H](O)[C@@H](C)[C@@H](C)OC(=O)C[C@@H](O)C[C@@H](O)CC[C@@H](O)[C@@H](O)C[C@H](O)C1)O2. The summed E-state index contributed by atoms with van der Waals surface area (Å²) in [6.07, 6.45) is 5.15. The summed E-state index contributed by atoms with van der Waals surface area (Å²) in [5.41, 5.74) is 6.05. The zero-order valence-electron chi connectivity index (χ0n) is 38.5. The standard InChI is InChI=1S/C48H75NO17/c1-28-18-16-14-12-10-8-6-7-9-11-13-15-17-19-35(65-47-45(59)42(49)44(58)31(4)64-47)25-39-41(46(60)61)38(55)27-48(62-5,66-39)26-34(52)23-37(54)36(53)21-20-32(50)22-33(51)24-40(56)63-30(3)29(2)43(28)57/h6-19,28-39,41-45,47,50-55,57-59H,20-27,49H2,1-5H3,(H,60,61)/b7-6+,10-8+,11-9+,14-12+,15-13+,18-16+,19-17+/t28-,29-,30+,31-,32-,33-,34-,35-,36+,37-,38?,39-,41+,42+,43+,44-,45+,47?,48-/m0/s1. The molecular weight excluding hydrogens is 863 g/mol. The van der Waals surface area contributed by atoms with E-state index < -0.39 is 141 Å². The number of carbonyl (C=O) groups excluding carboxylic acids is 1. The van der Waals surface area contributed by atoms with Crippen LogP contribution < -0.4 is 5.73 Å². The number of cyclic esters (lactones) is 1. The number of carboxylic acids is 1. The molecule has 374 valence electrons. The van der Waals surface area contributed by atoms with E-state index in [9.17, 15) is 60.7 Å². The third kappa shape index (κ3) is 18.2. The van der Waals surface area contributed by atoms with Crippen LogP contribution in [0.3, 0.4) is 0 Å². The fraction of sp³-hybridized carbons (Fsp3) is 0.667. The Kier molecular flexibility index (Phi) is 24.3. The van der Waals surface area contributed by atoms with E-state index in [1.807, 2.05) is 37.3 Å². The minimum Gasteiger partial charge on any atom is -0.481 e. The van der Waals surface area contributed by atoms with Crippen molar-refractivity contribution in [1.82, 2.24) is 0 Å². The van der Waals surface area contributed by atoms with Crippen molar-refractivity contribution in [3.63, 3.8) is 0 Å². The van der Waals surface area contributed by atoms with Crippen LogP contribution in [0.4, 0.5) is 0 Å². The minimum atomic E-state index is -1.78. The lowest BCUT2D eigenvalue weighted by molar-refractivity contribution is -0.317. The zero-order chi connectivity index (χ0) is 49.1. The first kappa shape index (κ1) is 56.9. The van der Waals surface area contributed by atoms with Gasteiger partial charge < -0.3 is 80.5 Å². The largest absolute Gasteiger partial charge is 0.481 e. The number of aliphatic carboxylic acids is 1. The third-order valence-electron chi connectivity index (χ3n) is 12.4. The Labute approximate surface area is 387 Å². The van der Waals surface area contributed by atoms with Crippen molar-refractivity contribution in [3.8, 4) is 0 Å².